The summed E-state index contributed by atoms with van der Waals surface area (Å²) in [5.41, 5.74) is -0.341. The van der Waals surface area contributed by atoms with E-state index in [-0.39, 0.29) is 17.8 Å². The van der Waals surface area contributed by atoms with E-state index in [9.17, 15) is 22.0 Å². The van der Waals surface area contributed by atoms with Crippen LogP contribution < -0.4 is 9.62 Å². The molecule has 0 aliphatic heterocycles. The second-order valence-corrected chi connectivity index (χ2v) is 8.32. The number of anilines is 2. The molecule has 0 bridgehead atoms. The predicted octanol–water partition coefficient (Wildman–Crippen LogP) is 3.91. The van der Waals surface area contributed by atoms with Gasteiger partial charge in [0.15, 0.2) is 0 Å². The lowest BCUT2D eigenvalue weighted by Crippen LogP contribution is -2.47. The Kier molecular flexibility index (Phi) is 6.35. The smallest absolute Gasteiger partial charge is 0.248 e. The van der Waals surface area contributed by atoms with Gasteiger partial charge in [-0.15, -0.1) is 0 Å². The second-order valence-electron chi connectivity index (χ2n) is 5.55. The first kappa shape index (κ1) is 20.3. The van der Waals surface area contributed by atoms with E-state index in [1.165, 1.54) is 36.4 Å². The van der Waals surface area contributed by atoms with Crippen molar-refractivity contribution in [2.24, 2.45) is 0 Å². The third-order valence-electron chi connectivity index (χ3n) is 3.61. The van der Waals surface area contributed by atoms with Crippen molar-refractivity contribution < 1.29 is 22.0 Å². The van der Waals surface area contributed by atoms with E-state index >= 15 is 0 Å². The Morgan fingerprint density at radius 2 is 1.85 bits per heavy atom. The highest BCUT2D eigenvalue weighted by atomic mass is 79.9. The van der Waals surface area contributed by atoms with Crippen molar-refractivity contribution in [2.75, 3.05) is 15.9 Å². The first-order chi connectivity index (χ1) is 12.1. The van der Waals surface area contributed by atoms with Crippen molar-refractivity contribution in [3.8, 4) is 0 Å². The maximum atomic E-state index is 14.2. The van der Waals surface area contributed by atoms with E-state index in [1.54, 1.807) is 6.92 Å². The molecule has 0 spiro atoms. The van der Waals surface area contributed by atoms with Gasteiger partial charge in [-0.1, -0.05) is 35.0 Å². The third kappa shape index (κ3) is 4.59. The fourth-order valence-corrected chi connectivity index (χ4v) is 4.02. The molecule has 0 unspecified atom stereocenters. The van der Waals surface area contributed by atoms with Crippen LogP contribution in [-0.4, -0.2) is 26.6 Å². The summed E-state index contributed by atoms with van der Waals surface area (Å²) < 4.78 is 53.8. The topological polar surface area (TPSA) is 66.5 Å². The molecule has 2 aromatic carbocycles. The minimum Gasteiger partial charge on any atom is -0.322 e. The van der Waals surface area contributed by atoms with E-state index in [4.69, 9.17) is 0 Å². The molecule has 0 fully saturated rings. The van der Waals surface area contributed by atoms with Gasteiger partial charge in [0.05, 0.1) is 17.6 Å². The Hall–Kier alpha value is -2.00. The third-order valence-corrected chi connectivity index (χ3v) is 5.27. The standard InChI is InChI=1S/C17H17BrF2N2O3S/c1-3-15(17(23)21-14-9-8-11(18)10-13(14)20)22(26(2,24)25)16-7-5-4-6-12(16)19/h4-10,15H,3H2,1-2H3,(H,21,23)/t15-/m0/s1. The Bertz CT molecular complexity index is 922. The van der Waals surface area contributed by atoms with Gasteiger partial charge < -0.3 is 5.32 Å². The average molecular weight is 447 g/mol. The zero-order valence-electron chi connectivity index (χ0n) is 14.0. The van der Waals surface area contributed by atoms with E-state index in [1.807, 2.05) is 0 Å². The predicted molar refractivity (Wildman–Crippen MR) is 101 cm³/mol. The molecule has 5 nitrogen and oxygen atoms in total. The number of hydrogen-bond donors (Lipinski definition) is 1. The molecule has 1 amide bonds. The van der Waals surface area contributed by atoms with Crippen LogP contribution in [0.3, 0.4) is 0 Å². The Labute approximate surface area is 159 Å². The van der Waals surface area contributed by atoms with Crippen molar-refractivity contribution in [1.82, 2.24) is 0 Å². The summed E-state index contributed by atoms with van der Waals surface area (Å²) in [6.45, 7) is 1.58. The fraction of sp³-hybridized carbons (Fsp3) is 0.235. The zero-order valence-corrected chi connectivity index (χ0v) is 16.4. The Morgan fingerprint density at radius 1 is 1.19 bits per heavy atom. The molecule has 0 aliphatic carbocycles. The van der Waals surface area contributed by atoms with Crippen molar-refractivity contribution in [3.05, 3.63) is 58.6 Å². The van der Waals surface area contributed by atoms with Gasteiger partial charge in [0.1, 0.15) is 17.7 Å². The average Bonchev–Trinajstić information content (AvgIpc) is 2.55. The van der Waals surface area contributed by atoms with Crippen LogP contribution in [0, 0.1) is 11.6 Å². The molecule has 2 rings (SSSR count). The van der Waals surface area contributed by atoms with Gasteiger partial charge >= 0.3 is 0 Å². The number of carbonyl (C=O) groups is 1. The van der Waals surface area contributed by atoms with Crippen LogP contribution in [0.4, 0.5) is 20.2 Å². The summed E-state index contributed by atoms with van der Waals surface area (Å²) in [6, 6.07) is 8.06. The van der Waals surface area contributed by atoms with Crippen LogP contribution in [0.2, 0.25) is 0 Å². The first-order valence-corrected chi connectivity index (χ1v) is 10.3. The minimum absolute atomic E-state index is 0.0609. The SMILES string of the molecule is CC[C@@H](C(=O)Nc1ccc(Br)cc1F)N(c1ccccc1F)S(C)(=O)=O. The molecule has 0 saturated carbocycles. The molecule has 1 atom stereocenters. The van der Waals surface area contributed by atoms with Crippen LogP contribution in [-0.2, 0) is 14.8 Å². The van der Waals surface area contributed by atoms with Crippen LogP contribution in [0.15, 0.2) is 46.9 Å². The number of halogens is 3. The maximum Gasteiger partial charge on any atom is 0.248 e. The minimum atomic E-state index is -3.97. The van der Waals surface area contributed by atoms with Crippen LogP contribution in [0.5, 0.6) is 0 Å². The summed E-state index contributed by atoms with van der Waals surface area (Å²) >= 11 is 3.11. The maximum absolute atomic E-state index is 14.2. The summed E-state index contributed by atoms with van der Waals surface area (Å²) in [7, 11) is -3.97. The molecule has 0 aliphatic rings. The first-order valence-electron chi connectivity index (χ1n) is 7.65. The molecule has 9 heteroatoms. The van der Waals surface area contributed by atoms with E-state index in [0.29, 0.717) is 8.78 Å². The molecule has 0 saturated heterocycles. The van der Waals surface area contributed by atoms with Crippen LogP contribution >= 0.6 is 15.9 Å². The highest BCUT2D eigenvalue weighted by Crippen LogP contribution is 2.26. The van der Waals surface area contributed by atoms with Gasteiger partial charge in [0.25, 0.3) is 0 Å². The quantitative estimate of drug-likeness (QED) is 0.731. The number of amides is 1. The fourth-order valence-electron chi connectivity index (χ4n) is 2.47. The van der Waals surface area contributed by atoms with Gasteiger partial charge in [0.2, 0.25) is 15.9 Å². The number of nitrogens with one attached hydrogen (secondary N) is 1. The second kappa shape index (κ2) is 8.13. The molecular weight excluding hydrogens is 430 g/mol. The summed E-state index contributed by atoms with van der Waals surface area (Å²) in [6.07, 6.45) is 0.945. The van der Waals surface area contributed by atoms with E-state index in [0.717, 1.165) is 12.3 Å². The molecule has 26 heavy (non-hydrogen) atoms. The van der Waals surface area contributed by atoms with Crippen molar-refractivity contribution in [1.29, 1.82) is 0 Å². The summed E-state index contributed by atoms with van der Waals surface area (Å²) in [5, 5.41) is 2.37. The summed E-state index contributed by atoms with van der Waals surface area (Å²) in [4.78, 5) is 12.6. The molecule has 0 aromatic heterocycles. The van der Waals surface area contributed by atoms with Crippen molar-refractivity contribution >= 4 is 43.2 Å². The highest BCUT2D eigenvalue weighted by Gasteiger charge is 2.33. The zero-order chi connectivity index (χ0) is 19.5. The van der Waals surface area contributed by atoms with Gasteiger partial charge in [0, 0.05) is 4.47 Å². The lowest BCUT2D eigenvalue weighted by atomic mass is 10.1. The number of carbonyl (C=O) groups excluding carboxylic acids is 1. The lowest BCUT2D eigenvalue weighted by molar-refractivity contribution is -0.117. The van der Waals surface area contributed by atoms with Crippen LogP contribution in [0.25, 0.3) is 0 Å². The molecule has 0 radical (unpaired) electrons. The Morgan fingerprint density at radius 3 is 2.38 bits per heavy atom. The van der Waals surface area contributed by atoms with Crippen molar-refractivity contribution in [3.63, 3.8) is 0 Å². The van der Waals surface area contributed by atoms with Gasteiger partial charge in [-0.05, 0) is 36.8 Å². The highest BCUT2D eigenvalue weighted by molar-refractivity contribution is 9.10. The molecule has 2 aromatic rings. The number of rotatable bonds is 6. The molecular formula is C17H17BrF2N2O3S. The largest absolute Gasteiger partial charge is 0.322 e. The normalized spacial score (nSPS) is 12.5. The van der Waals surface area contributed by atoms with Crippen molar-refractivity contribution in [2.45, 2.75) is 19.4 Å². The molecule has 1 N–H and O–H groups in total. The van der Waals surface area contributed by atoms with Gasteiger partial charge in [-0.25, -0.2) is 17.2 Å². The molecule has 140 valence electrons. The van der Waals surface area contributed by atoms with E-state index in [2.05, 4.69) is 21.2 Å². The number of nitrogens with zero attached hydrogens (tertiary/aromatic N) is 1. The number of benzene rings is 2. The lowest BCUT2D eigenvalue weighted by Gasteiger charge is -2.30. The molecule has 0 heterocycles. The number of hydrogen-bond acceptors (Lipinski definition) is 3. The van der Waals surface area contributed by atoms with Gasteiger partial charge in [-0.2, -0.15) is 0 Å². The van der Waals surface area contributed by atoms with E-state index < -0.39 is 33.6 Å². The summed E-state index contributed by atoms with van der Waals surface area (Å²) in [5.74, 6) is -2.22. The monoisotopic (exact) mass is 446 g/mol. The van der Waals surface area contributed by atoms with Crippen LogP contribution in [0.1, 0.15) is 13.3 Å². The van der Waals surface area contributed by atoms with Gasteiger partial charge in [-0.3, -0.25) is 9.10 Å². The Balaban J connectivity index is 2.42. The number of para-hydroxylation sites is 1. The number of sulfonamides is 1.